The summed E-state index contributed by atoms with van der Waals surface area (Å²) in [7, 11) is 0. The van der Waals surface area contributed by atoms with E-state index in [1.54, 1.807) is 6.20 Å². The second-order valence-electron chi connectivity index (χ2n) is 3.25. The fraction of sp³-hybridized carbons (Fsp3) is 0.556. The highest BCUT2D eigenvalue weighted by Gasteiger charge is 2.10. The van der Waals surface area contributed by atoms with Crippen molar-refractivity contribution in [1.29, 1.82) is 0 Å². The van der Waals surface area contributed by atoms with Crippen LogP contribution >= 0.6 is 0 Å². The van der Waals surface area contributed by atoms with E-state index < -0.39 is 6.04 Å². The first kappa shape index (κ1) is 10.7. The van der Waals surface area contributed by atoms with Crippen molar-refractivity contribution in [2.24, 2.45) is 5.73 Å². The Morgan fingerprint density at radius 1 is 1.79 bits per heavy atom. The van der Waals surface area contributed by atoms with Crippen LogP contribution in [-0.2, 0) is 11.3 Å². The van der Waals surface area contributed by atoms with Crippen LogP contribution in [0.5, 0.6) is 0 Å². The molecule has 4 N–H and O–H groups in total. The van der Waals surface area contributed by atoms with Crippen LogP contribution in [0, 0.1) is 6.92 Å². The molecule has 1 rings (SSSR count). The summed E-state index contributed by atoms with van der Waals surface area (Å²) in [6, 6.07) is -0.415. The van der Waals surface area contributed by atoms with Crippen LogP contribution in [-0.4, -0.2) is 22.1 Å². The van der Waals surface area contributed by atoms with Crippen molar-refractivity contribution < 1.29 is 4.79 Å². The summed E-state index contributed by atoms with van der Waals surface area (Å²) in [5.74, 6) is -0.117. The van der Waals surface area contributed by atoms with Crippen molar-refractivity contribution in [3.05, 3.63) is 17.5 Å². The zero-order valence-corrected chi connectivity index (χ0v) is 8.50. The van der Waals surface area contributed by atoms with Gasteiger partial charge in [0.05, 0.1) is 12.2 Å². The van der Waals surface area contributed by atoms with Gasteiger partial charge in [-0.3, -0.25) is 9.89 Å². The molecule has 0 fully saturated rings. The molecule has 1 amide bonds. The topological polar surface area (TPSA) is 83.8 Å². The van der Waals surface area contributed by atoms with E-state index in [0.717, 1.165) is 11.3 Å². The van der Waals surface area contributed by atoms with Crippen molar-refractivity contribution in [3.63, 3.8) is 0 Å². The average Bonchev–Trinajstić information content (AvgIpc) is 2.59. The molecule has 0 aromatic carbocycles. The van der Waals surface area contributed by atoms with Gasteiger partial charge in [-0.1, -0.05) is 6.92 Å². The van der Waals surface area contributed by atoms with Gasteiger partial charge in [-0.2, -0.15) is 5.10 Å². The van der Waals surface area contributed by atoms with Crippen LogP contribution < -0.4 is 11.1 Å². The number of nitrogens with one attached hydrogen (secondary N) is 2. The molecule has 5 nitrogen and oxygen atoms in total. The van der Waals surface area contributed by atoms with Gasteiger partial charge >= 0.3 is 0 Å². The van der Waals surface area contributed by atoms with Crippen molar-refractivity contribution in [3.8, 4) is 0 Å². The highest BCUT2D eigenvalue weighted by atomic mass is 16.2. The molecule has 1 atom stereocenters. The molecule has 0 radical (unpaired) electrons. The fourth-order valence-corrected chi connectivity index (χ4v) is 1.05. The summed E-state index contributed by atoms with van der Waals surface area (Å²) in [5, 5.41) is 9.41. The molecule has 0 aliphatic rings. The first-order valence-electron chi connectivity index (χ1n) is 4.67. The predicted octanol–water partition coefficient (Wildman–Crippen LogP) is 0.0716. The lowest BCUT2D eigenvalue weighted by Gasteiger charge is -2.09. The van der Waals surface area contributed by atoms with Crippen LogP contribution in [0.1, 0.15) is 24.6 Å². The Hall–Kier alpha value is -1.36. The van der Waals surface area contributed by atoms with E-state index in [2.05, 4.69) is 15.5 Å². The van der Waals surface area contributed by atoms with Crippen LogP contribution in [0.2, 0.25) is 0 Å². The number of hydrogen-bond acceptors (Lipinski definition) is 3. The number of nitrogens with zero attached hydrogens (tertiary/aromatic N) is 1. The number of nitrogens with two attached hydrogens (primary N) is 1. The van der Waals surface area contributed by atoms with E-state index in [1.807, 2.05) is 13.8 Å². The average molecular weight is 196 g/mol. The Kier molecular flexibility index (Phi) is 3.64. The van der Waals surface area contributed by atoms with Crippen molar-refractivity contribution in [1.82, 2.24) is 15.5 Å². The summed E-state index contributed by atoms with van der Waals surface area (Å²) in [5.41, 5.74) is 7.51. The largest absolute Gasteiger partial charge is 0.351 e. The van der Waals surface area contributed by atoms with Crippen LogP contribution in [0.15, 0.2) is 6.20 Å². The zero-order chi connectivity index (χ0) is 10.6. The molecule has 0 spiro atoms. The SMILES string of the molecule is CC[C@H](N)C(=O)NCc1cn[nH]c1C. The molecular formula is C9H16N4O. The summed E-state index contributed by atoms with van der Waals surface area (Å²) in [6.07, 6.45) is 2.35. The van der Waals surface area contributed by atoms with Gasteiger partial charge in [-0.25, -0.2) is 0 Å². The quantitative estimate of drug-likeness (QED) is 0.637. The lowest BCUT2D eigenvalue weighted by Crippen LogP contribution is -2.39. The van der Waals surface area contributed by atoms with E-state index >= 15 is 0 Å². The molecule has 1 aromatic rings. The highest BCUT2D eigenvalue weighted by molar-refractivity contribution is 5.81. The van der Waals surface area contributed by atoms with Crippen LogP contribution in [0.4, 0.5) is 0 Å². The molecule has 14 heavy (non-hydrogen) atoms. The Morgan fingerprint density at radius 2 is 2.50 bits per heavy atom. The van der Waals surface area contributed by atoms with E-state index in [0.29, 0.717) is 13.0 Å². The van der Waals surface area contributed by atoms with Gasteiger partial charge in [0, 0.05) is 17.8 Å². The number of aromatic nitrogens is 2. The third kappa shape index (κ3) is 2.56. The molecule has 78 valence electrons. The normalized spacial score (nSPS) is 12.5. The molecule has 0 aliphatic carbocycles. The summed E-state index contributed by atoms with van der Waals surface area (Å²) in [6.45, 7) is 4.27. The van der Waals surface area contributed by atoms with Gasteiger partial charge in [0.2, 0.25) is 5.91 Å². The number of aromatic amines is 1. The number of carbonyl (C=O) groups excluding carboxylic acids is 1. The lowest BCUT2D eigenvalue weighted by atomic mass is 10.2. The number of carbonyl (C=O) groups is 1. The minimum atomic E-state index is -0.415. The Bertz CT molecular complexity index is 308. The monoisotopic (exact) mass is 196 g/mol. The van der Waals surface area contributed by atoms with Crippen LogP contribution in [0.3, 0.4) is 0 Å². The Labute approximate surface area is 83.1 Å². The molecule has 0 bridgehead atoms. The Morgan fingerprint density at radius 3 is 3.00 bits per heavy atom. The van der Waals surface area contributed by atoms with Crippen molar-refractivity contribution in [2.75, 3.05) is 0 Å². The van der Waals surface area contributed by atoms with E-state index in [4.69, 9.17) is 5.73 Å². The highest BCUT2D eigenvalue weighted by Crippen LogP contribution is 2.01. The molecule has 0 saturated carbocycles. The molecule has 1 aromatic heterocycles. The first-order valence-corrected chi connectivity index (χ1v) is 4.67. The van der Waals surface area contributed by atoms with Crippen LogP contribution in [0.25, 0.3) is 0 Å². The fourth-order valence-electron chi connectivity index (χ4n) is 1.05. The standard InChI is InChI=1S/C9H16N4O/c1-3-8(10)9(14)11-4-7-5-12-13-6(7)2/h5,8H,3-4,10H2,1-2H3,(H,11,14)(H,12,13)/t8-/m0/s1. The maximum Gasteiger partial charge on any atom is 0.237 e. The molecular weight excluding hydrogens is 180 g/mol. The van der Waals surface area contributed by atoms with Crippen molar-refractivity contribution >= 4 is 5.91 Å². The van der Waals surface area contributed by atoms with Gasteiger partial charge in [0.15, 0.2) is 0 Å². The third-order valence-corrected chi connectivity index (χ3v) is 2.16. The molecule has 5 heteroatoms. The smallest absolute Gasteiger partial charge is 0.237 e. The third-order valence-electron chi connectivity index (χ3n) is 2.16. The predicted molar refractivity (Wildman–Crippen MR) is 53.4 cm³/mol. The number of rotatable bonds is 4. The van der Waals surface area contributed by atoms with Gasteiger partial charge in [-0.15, -0.1) is 0 Å². The van der Waals surface area contributed by atoms with Gasteiger partial charge in [0.1, 0.15) is 0 Å². The van der Waals surface area contributed by atoms with E-state index in [1.165, 1.54) is 0 Å². The minimum absolute atomic E-state index is 0.117. The summed E-state index contributed by atoms with van der Waals surface area (Å²) in [4.78, 5) is 11.3. The number of amides is 1. The first-order chi connectivity index (χ1) is 6.65. The number of aryl methyl sites for hydroxylation is 1. The van der Waals surface area contributed by atoms with Crippen molar-refractivity contribution in [2.45, 2.75) is 32.9 Å². The summed E-state index contributed by atoms with van der Waals surface area (Å²) < 4.78 is 0. The number of hydrogen-bond donors (Lipinski definition) is 3. The molecule has 1 heterocycles. The van der Waals surface area contributed by atoms with Gasteiger partial charge in [-0.05, 0) is 13.3 Å². The van der Waals surface area contributed by atoms with E-state index in [9.17, 15) is 4.79 Å². The Balaban J connectivity index is 2.41. The van der Waals surface area contributed by atoms with Gasteiger partial charge in [0.25, 0.3) is 0 Å². The maximum absolute atomic E-state index is 11.3. The molecule has 0 aliphatic heterocycles. The summed E-state index contributed by atoms with van der Waals surface area (Å²) >= 11 is 0. The second-order valence-corrected chi connectivity index (χ2v) is 3.25. The minimum Gasteiger partial charge on any atom is -0.351 e. The maximum atomic E-state index is 11.3. The van der Waals surface area contributed by atoms with E-state index in [-0.39, 0.29) is 5.91 Å². The van der Waals surface area contributed by atoms with Gasteiger partial charge < -0.3 is 11.1 Å². The molecule has 0 unspecified atom stereocenters. The lowest BCUT2D eigenvalue weighted by molar-refractivity contribution is -0.122. The second kappa shape index (κ2) is 4.76. The molecule has 0 saturated heterocycles. The number of H-pyrrole nitrogens is 1. The zero-order valence-electron chi connectivity index (χ0n) is 8.50.